The van der Waals surface area contributed by atoms with Gasteiger partial charge in [0.15, 0.2) is 0 Å². The number of pyridine rings is 1. The average Bonchev–Trinajstić information content (AvgIpc) is 3.15. The number of ether oxygens (including phenoxy) is 1. The normalized spacial score (nSPS) is 11.4. The number of hydrogen-bond donors (Lipinski definition) is 0. The van der Waals surface area contributed by atoms with Gasteiger partial charge in [-0.1, -0.05) is 0 Å². The summed E-state index contributed by atoms with van der Waals surface area (Å²) in [6.45, 7) is 1.77. The molecule has 1 aromatic carbocycles. The molecule has 0 amide bonds. The molecule has 0 aliphatic rings. The maximum Gasteiger partial charge on any atom is 0.417 e. The van der Waals surface area contributed by atoms with Crippen LogP contribution in [0.4, 0.5) is 18.9 Å². The molecule has 0 unspecified atom stereocenters. The van der Waals surface area contributed by atoms with E-state index in [9.17, 15) is 13.2 Å². The van der Waals surface area contributed by atoms with Crippen LogP contribution in [0.2, 0.25) is 0 Å². The van der Waals surface area contributed by atoms with Crippen molar-refractivity contribution in [2.75, 3.05) is 18.5 Å². The van der Waals surface area contributed by atoms with Crippen LogP contribution in [-0.2, 0) is 12.7 Å². The van der Waals surface area contributed by atoms with Gasteiger partial charge in [-0.05, 0) is 36.8 Å². The zero-order chi connectivity index (χ0) is 19.3. The Labute approximate surface area is 155 Å². The fourth-order valence-electron chi connectivity index (χ4n) is 2.54. The lowest BCUT2D eigenvalue weighted by molar-refractivity contribution is -0.137. The van der Waals surface area contributed by atoms with Crippen LogP contribution >= 0.6 is 0 Å². The number of halogens is 3. The Balaban J connectivity index is 1.53. The number of imidazole rings is 1. The number of benzene rings is 1. The van der Waals surface area contributed by atoms with Crippen molar-refractivity contribution in [3.05, 3.63) is 66.9 Å². The fourth-order valence-corrected chi connectivity index (χ4v) is 2.54. The van der Waals surface area contributed by atoms with Crippen molar-refractivity contribution in [3.63, 3.8) is 0 Å². The second-order valence-corrected chi connectivity index (χ2v) is 6.05. The van der Waals surface area contributed by atoms with Gasteiger partial charge in [-0.3, -0.25) is 0 Å². The molecule has 2 heterocycles. The molecule has 0 N–H and O–H groups in total. The predicted molar refractivity (Wildman–Crippen MR) is 95.9 cm³/mol. The van der Waals surface area contributed by atoms with E-state index in [4.69, 9.17) is 4.74 Å². The number of aryl methyl sites for hydroxylation is 1. The molecule has 0 atom stereocenters. The fraction of sp³-hybridized carbons (Fsp3) is 0.263. The third-order valence-corrected chi connectivity index (χ3v) is 4.03. The minimum atomic E-state index is -4.41. The van der Waals surface area contributed by atoms with Crippen LogP contribution in [0.5, 0.6) is 11.6 Å². The van der Waals surface area contributed by atoms with Gasteiger partial charge < -0.3 is 14.2 Å². The van der Waals surface area contributed by atoms with Crippen molar-refractivity contribution in [2.45, 2.75) is 19.1 Å². The van der Waals surface area contributed by atoms with Crippen molar-refractivity contribution < 1.29 is 17.9 Å². The third-order valence-electron chi connectivity index (χ3n) is 4.03. The van der Waals surface area contributed by atoms with E-state index in [-0.39, 0.29) is 5.88 Å². The predicted octanol–water partition coefficient (Wildman–Crippen LogP) is 4.62. The topological polar surface area (TPSA) is 43.2 Å². The molecule has 0 radical (unpaired) electrons. The first-order valence-electron chi connectivity index (χ1n) is 8.40. The summed E-state index contributed by atoms with van der Waals surface area (Å²) in [5.74, 6) is 0.627. The number of nitrogens with zero attached hydrogens (tertiary/aromatic N) is 4. The molecule has 0 fully saturated rings. The monoisotopic (exact) mass is 376 g/mol. The molecule has 5 nitrogen and oxygen atoms in total. The summed E-state index contributed by atoms with van der Waals surface area (Å²) >= 11 is 0. The molecule has 3 rings (SSSR count). The minimum Gasteiger partial charge on any atom is -0.439 e. The van der Waals surface area contributed by atoms with Gasteiger partial charge in [0.1, 0.15) is 5.75 Å². The molecule has 0 spiro atoms. The second kappa shape index (κ2) is 8.11. The number of hydrogen-bond acceptors (Lipinski definition) is 4. The zero-order valence-electron chi connectivity index (χ0n) is 14.7. The highest BCUT2D eigenvalue weighted by atomic mass is 19.4. The van der Waals surface area contributed by atoms with Gasteiger partial charge in [0, 0.05) is 50.5 Å². The van der Waals surface area contributed by atoms with Crippen LogP contribution in [0.25, 0.3) is 0 Å². The lowest BCUT2D eigenvalue weighted by atomic mass is 10.2. The molecular weight excluding hydrogens is 357 g/mol. The lowest BCUT2D eigenvalue weighted by Crippen LogP contribution is -2.19. The van der Waals surface area contributed by atoms with Gasteiger partial charge in [0.2, 0.25) is 5.88 Å². The maximum absolute atomic E-state index is 12.5. The molecule has 0 saturated carbocycles. The maximum atomic E-state index is 12.5. The smallest absolute Gasteiger partial charge is 0.417 e. The van der Waals surface area contributed by atoms with E-state index in [2.05, 4.69) is 14.9 Å². The largest absolute Gasteiger partial charge is 0.439 e. The van der Waals surface area contributed by atoms with Crippen LogP contribution in [0, 0.1) is 0 Å². The molecule has 8 heteroatoms. The molecular formula is C19H19F3N4O. The molecule has 0 aliphatic carbocycles. The first-order chi connectivity index (χ1) is 12.9. The summed E-state index contributed by atoms with van der Waals surface area (Å²) < 4.78 is 45.2. The van der Waals surface area contributed by atoms with Crippen molar-refractivity contribution in [1.82, 2.24) is 14.5 Å². The van der Waals surface area contributed by atoms with Gasteiger partial charge in [-0.15, -0.1) is 0 Å². The van der Waals surface area contributed by atoms with Crippen molar-refractivity contribution in [2.24, 2.45) is 0 Å². The average molecular weight is 376 g/mol. The summed E-state index contributed by atoms with van der Waals surface area (Å²) in [5, 5.41) is 0. The van der Waals surface area contributed by atoms with Crippen LogP contribution in [-0.4, -0.2) is 28.1 Å². The van der Waals surface area contributed by atoms with Crippen LogP contribution in [0.15, 0.2) is 61.3 Å². The van der Waals surface area contributed by atoms with E-state index in [1.807, 2.05) is 29.9 Å². The lowest BCUT2D eigenvalue weighted by Gasteiger charge is -2.19. The van der Waals surface area contributed by atoms with E-state index in [0.717, 1.165) is 37.5 Å². The Morgan fingerprint density at radius 1 is 1.11 bits per heavy atom. The summed E-state index contributed by atoms with van der Waals surface area (Å²) in [5.41, 5.74) is 0.218. The summed E-state index contributed by atoms with van der Waals surface area (Å²) in [7, 11) is 2.00. The number of aromatic nitrogens is 3. The van der Waals surface area contributed by atoms with Crippen molar-refractivity contribution >= 4 is 5.69 Å². The Bertz CT molecular complexity index is 831. The Hall–Kier alpha value is -3.03. The number of alkyl halides is 3. The Morgan fingerprint density at radius 3 is 2.48 bits per heavy atom. The number of anilines is 1. The first kappa shape index (κ1) is 18.8. The van der Waals surface area contributed by atoms with E-state index in [1.165, 1.54) is 6.07 Å². The van der Waals surface area contributed by atoms with Crippen molar-refractivity contribution in [3.8, 4) is 11.6 Å². The van der Waals surface area contributed by atoms with Gasteiger partial charge >= 0.3 is 6.18 Å². The molecule has 27 heavy (non-hydrogen) atoms. The van der Waals surface area contributed by atoms with Gasteiger partial charge in [-0.25, -0.2) is 9.97 Å². The second-order valence-electron chi connectivity index (χ2n) is 6.05. The highest BCUT2D eigenvalue weighted by Crippen LogP contribution is 2.30. The van der Waals surface area contributed by atoms with Crippen molar-refractivity contribution in [1.29, 1.82) is 0 Å². The van der Waals surface area contributed by atoms with E-state index >= 15 is 0 Å². The minimum absolute atomic E-state index is 0.115. The van der Waals surface area contributed by atoms with Crippen LogP contribution in [0.3, 0.4) is 0 Å². The Morgan fingerprint density at radius 2 is 1.89 bits per heavy atom. The highest BCUT2D eigenvalue weighted by molar-refractivity contribution is 5.48. The standard InChI is InChI=1S/C19H19F3N4O/c1-25(10-2-11-26-12-9-23-14-26)16-4-6-17(7-5-16)27-18-8-3-15(13-24-18)19(20,21)22/h3-9,12-14H,2,10-11H2,1H3. The molecule has 2 aromatic heterocycles. The SMILES string of the molecule is CN(CCCn1ccnc1)c1ccc(Oc2ccc(C(F)(F)F)cn2)cc1. The molecule has 0 saturated heterocycles. The Kier molecular flexibility index (Phi) is 5.63. The summed E-state index contributed by atoms with van der Waals surface area (Å²) in [6, 6.07) is 9.49. The molecule has 3 aromatic rings. The quantitative estimate of drug-likeness (QED) is 0.604. The van der Waals surface area contributed by atoms with E-state index < -0.39 is 11.7 Å². The van der Waals surface area contributed by atoms with Gasteiger partial charge in [0.25, 0.3) is 0 Å². The zero-order valence-corrected chi connectivity index (χ0v) is 14.7. The van der Waals surface area contributed by atoms with Gasteiger partial charge in [0.05, 0.1) is 11.9 Å². The summed E-state index contributed by atoms with van der Waals surface area (Å²) in [6.07, 6.45) is 2.81. The third kappa shape index (κ3) is 5.22. The van der Waals surface area contributed by atoms with E-state index in [0.29, 0.717) is 5.75 Å². The van der Waals surface area contributed by atoms with Gasteiger partial charge in [-0.2, -0.15) is 13.2 Å². The number of rotatable bonds is 7. The summed E-state index contributed by atoms with van der Waals surface area (Å²) in [4.78, 5) is 9.84. The molecule has 0 bridgehead atoms. The highest BCUT2D eigenvalue weighted by Gasteiger charge is 2.30. The first-order valence-corrected chi connectivity index (χ1v) is 8.40. The molecule has 0 aliphatic heterocycles. The van der Waals surface area contributed by atoms with Crippen LogP contribution in [0.1, 0.15) is 12.0 Å². The molecule has 142 valence electrons. The van der Waals surface area contributed by atoms with Crippen LogP contribution < -0.4 is 9.64 Å². The van der Waals surface area contributed by atoms with E-state index in [1.54, 1.807) is 24.7 Å².